The van der Waals surface area contributed by atoms with Crippen LogP contribution in [0.15, 0.2) is 387 Å². The van der Waals surface area contributed by atoms with Crippen molar-refractivity contribution in [1.29, 1.82) is 0 Å². The van der Waals surface area contributed by atoms with Gasteiger partial charge in [-0.25, -0.2) is 4.85 Å². The van der Waals surface area contributed by atoms with Gasteiger partial charge in [-0.05, 0) is 153 Å². The van der Waals surface area contributed by atoms with E-state index >= 15 is 0 Å². The first-order valence-electron chi connectivity index (χ1n) is 46.8. The van der Waals surface area contributed by atoms with Crippen LogP contribution in [0.4, 0.5) is 5.69 Å². The molecule has 150 heavy (non-hydrogen) atoms. The van der Waals surface area contributed by atoms with Gasteiger partial charge in [-0.15, -0.1) is 177 Å². The van der Waals surface area contributed by atoms with Crippen molar-refractivity contribution in [3.8, 4) is 113 Å². The molecule has 0 spiro atoms. The van der Waals surface area contributed by atoms with Crippen LogP contribution in [-0.2, 0) is 131 Å². The normalized spacial score (nSPS) is 10.5. The maximum atomic E-state index is 10.4. The van der Waals surface area contributed by atoms with Crippen molar-refractivity contribution >= 4 is 56.4 Å². The number of para-hydroxylation sites is 1. The molecule has 17 aromatic rings. The Morgan fingerprint density at radius 1 is 0.333 bits per heavy atom. The Kier molecular flexibility index (Phi) is 58.9. The average Bonchev–Trinajstić information content (AvgIpc) is 0.802. The van der Waals surface area contributed by atoms with Gasteiger partial charge < -0.3 is 40.5 Å². The van der Waals surface area contributed by atoms with E-state index in [0.29, 0.717) is 17.2 Å². The molecule has 0 atom stereocenters. The number of aromatic nitrogens is 8. The topological polar surface area (TPSA) is 294 Å². The van der Waals surface area contributed by atoms with Gasteiger partial charge in [0, 0.05) is 188 Å². The summed E-state index contributed by atoms with van der Waals surface area (Å²) in [6.45, 7) is 38.0. The molecular weight excluding hydrogens is 2760 g/mol. The number of fused-ring (bicyclic) bond motifs is 2. The third-order valence-corrected chi connectivity index (χ3v) is 20.5. The number of aryl methyl sites for hydroxylation is 5. The van der Waals surface area contributed by atoms with Crippen molar-refractivity contribution in [2.45, 2.75) is 131 Å². The fourth-order valence-corrected chi connectivity index (χ4v) is 14.2. The summed E-state index contributed by atoms with van der Waals surface area (Å²) >= 11 is 0. The first-order chi connectivity index (χ1) is 69.4. The van der Waals surface area contributed by atoms with Crippen LogP contribution in [0.25, 0.3) is 139 Å². The fraction of sp³-hybridized carbons (Fsp3) is 0.159. The molecule has 5 aromatic heterocycles. The summed E-state index contributed by atoms with van der Waals surface area (Å²) in [6.07, 6.45) is 11.2. The summed E-state index contributed by atoms with van der Waals surface area (Å²) in [6, 6.07) is 119. The van der Waals surface area contributed by atoms with Crippen LogP contribution in [0.1, 0.15) is 124 Å². The number of hydrogen-bond acceptors (Lipinski definition) is 18. The molecular formula is C126H120Ir5N9O10-5. The van der Waals surface area contributed by atoms with Crippen molar-refractivity contribution in [1.82, 2.24) is 39.9 Å². The number of hydrogen-bond donors (Lipinski definition) is 5. The fourth-order valence-electron chi connectivity index (χ4n) is 14.2. The van der Waals surface area contributed by atoms with Crippen LogP contribution in [0, 0.1) is 77.4 Å². The van der Waals surface area contributed by atoms with Gasteiger partial charge in [0.1, 0.15) is 0 Å². The van der Waals surface area contributed by atoms with Gasteiger partial charge in [-0.2, -0.15) is 0 Å². The Morgan fingerprint density at radius 3 is 1.03 bits per heavy atom. The van der Waals surface area contributed by atoms with Gasteiger partial charge in [-0.1, -0.05) is 236 Å². The molecule has 0 bridgehead atoms. The molecule has 5 heterocycles. The standard InChI is InChI=1S/C23H14N3.C22H15N2.C21H22N.C17H13N2.C17H14N.C6H10O2.4C5H8O2.5Ir/c1-24-20-14-8-13-19(15-20)21-16-25-22(17-9-4-2-5-10-17)23(26-21)18-11-6-3-7-12-18;1-4-10-17(11-5-1)20-16-23-21(18-12-6-2-7-13-18)22(24-20)19-14-8-3-9-15-19;1-14(2)10-17-6-5-7-21-19(17)8-9-20(22-21)18-12-15(3)11-16(4)13-18;1-13-17(15-10-6-3-7-11-15)18-12-16(19-13)14-8-4-2-5-9-14;1-12-9-13(2)11-15(10-12)17-8-7-14-5-3-4-6-16(14)18-17;1-4(5(2)7)6(3)8;4*1-4(6)3-5(2)7;;;;;/h2-9,11-16H;1-12,14-16H;5-9,11-12,14H,10H2,1-4H3;2-10,12H,1H3;3-10H,1-2H3;7H,1-3H3;4*3,6H,1-2H3;;;;;/q5*-1;;;;;;;;;;. The SMILES string of the molecule is CC(=O)C(C)=C(C)O.CC(=O)C=C(C)O.CC(=O)C=C(C)O.CC(=O)C=C(C)O.CC(=O)C=C(C)O.Cc1[c-]c(-c2ccc3c(CC(C)C)cccc3n2)cc(C)c1.Cc1[c-]c(-c2ccc3ccccc3n2)cc(C)c1.Cc1nc(-c2ccccc2)cnc1-c1[c-]cccc1.[C-]#[N+]c1cccc(-c2cnc(-c3[c-]cccc3)c(-c3ccccc3)n2)c1.[Ir].[Ir].[Ir].[Ir].[Ir].[c-]1ccccc1-c1ncc(-c2ccccc2)nc1-c1ccccc1. The van der Waals surface area contributed by atoms with Crippen LogP contribution in [0.5, 0.6) is 0 Å². The van der Waals surface area contributed by atoms with Crippen LogP contribution >= 0.6 is 0 Å². The van der Waals surface area contributed by atoms with Crippen molar-refractivity contribution in [3.05, 3.63) is 462 Å². The minimum Gasteiger partial charge on any atom is -0.512 e. The Balaban J connectivity index is 0.000000443. The molecule has 24 heteroatoms. The molecule has 0 aliphatic rings. The predicted octanol–water partition coefficient (Wildman–Crippen LogP) is 30.4. The van der Waals surface area contributed by atoms with Crippen molar-refractivity contribution in [2.75, 3.05) is 0 Å². The molecule has 779 valence electrons. The smallest absolute Gasteiger partial charge is 0.187 e. The van der Waals surface area contributed by atoms with E-state index in [1.807, 2.05) is 238 Å². The number of aliphatic hydroxyl groups excluding tert-OH is 5. The molecule has 0 saturated carbocycles. The predicted molar refractivity (Wildman–Crippen MR) is 587 cm³/mol. The monoisotopic (exact) mass is 2880 g/mol. The van der Waals surface area contributed by atoms with E-state index in [1.165, 1.54) is 121 Å². The Labute approximate surface area is 949 Å². The molecule has 0 amide bonds. The van der Waals surface area contributed by atoms with E-state index in [0.717, 1.165) is 147 Å². The molecule has 0 aliphatic carbocycles. The number of benzene rings is 12. The summed E-state index contributed by atoms with van der Waals surface area (Å²) in [5.41, 5.74) is 29.0. The van der Waals surface area contributed by atoms with Crippen LogP contribution in [0.3, 0.4) is 0 Å². The first kappa shape index (κ1) is 130. The van der Waals surface area contributed by atoms with E-state index in [1.54, 1.807) is 19.2 Å². The van der Waals surface area contributed by atoms with E-state index in [2.05, 4.69) is 177 Å². The van der Waals surface area contributed by atoms with E-state index in [9.17, 15) is 24.0 Å². The minimum absolute atomic E-state index is 0. The largest absolute Gasteiger partial charge is 0.512 e. The number of allylic oxidation sites excluding steroid dienone is 10. The van der Waals surface area contributed by atoms with Crippen molar-refractivity contribution in [3.63, 3.8) is 0 Å². The molecule has 19 nitrogen and oxygen atoms in total. The summed E-state index contributed by atoms with van der Waals surface area (Å²) in [5.74, 6) is 0.431. The van der Waals surface area contributed by atoms with E-state index in [4.69, 9.17) is 57.0 Å². The third kappa shape index (κ3) is 45.3. The Bertz CT molecular complexity index is 7250. The number of rotatable bonds is 17. The minimum atomic E-state index is -0.125. The van der Waals surface area contributed by atoms with Gasteiger partial charge in [-0.3, -0.25) is 48.9 Å². The van der Waals surface area contributed by atoms with Crippen LogP contribution in [0.2, 0.25) is 0 Å². The molecule has 12 aromatic carbocycles. The average molecular weight is 2880 g/mol. The number of pyridine rings is 2. The summed E-state index contributed by atoms with van der Waals surface area (Å²) in [4.78, 5) is 91.8. The third-order valence-electron chi connectivity index (χ3n) is 20.5. The van der Waals surface area contributed by atoms with Gasteiger partial charge in [0.25, 0.3) is 0 Å². The molecule has 5 N–H and O–H groups in total. The Morgan fingerprint density at radius 2 is 0.680 bits per heavy atom. The summed E-state index contributed by atoms with van der Waals surface area (Å²) < 4.78 is 0. The van der Waals surface area contributed by atoms with Gasteiger partial charge in [0.05, 0.1) is 74.9 Å². The zero-order chi connectivity index (χ0) is 105. The second-order valence-corrected chi connectivity index (χ2v) is 34.1. The number of nitrogens with zero attached hydrogens (tertiary/aromatic N) is 9. The second kappa shape index (κ2) is 68.2. The Hall–Kier alpha value is -14.5. The quantitative estimate of drug-likeness (QED) is 0.0321. The molecule has 0 aliphatic heterocycles. The summed E-state index contributed by atoms with van der Waals surface area (Å²) in [7, 11) is 0. The van der Waals surface area contributed by atoms with Gasteiger partial charge >= 0.3 is 0 Å². The number of ketones is 5. The zero-order valence-corrected chi connectivity index (χ0v) is 98.7. The van der Waals surface area contributed by atoms with Crippen molar-refractivity contribution < 1.29 is 150 Å². The van der Waals surface area contributed by atoms with E-state index < -0.39 is 0 Å². The second-order valence-electron chi connectivity index (χ2n) is 34.1. The van der Waals surface area contributed by atoms with Gasteiger partial charge in [0.2, 0.25) is 0 Å². The molecule has 5 radical (unpaired) electrons. The molecule has 17 rings (SSSR count). The number of carbonyl (C=O) groups is 5. The van der Waals surface area contributed by atoms with Crippen LogP contribution in [-0.4, -0.2) is 94.3 Å². The molecule has 0 unspecified atom stereocenters. The van der Waals surface area contributed by atoms with Crippen molar-refractivity contribution in [2.24, 2.45) is 5.92 Å². The van der Waals surface area contributed by atoms with Gasteiger partial charge in [0.15, 0.2) is 34.6 Å². The molecule has 0 saturated heterocycles. The molecule has 0 fully saturated rings. The first-order valence-corrected chi connectivity index (χ1v) is 46.8. The number of carbonyl (C=O) groups excluding carboxylic acids is 5. The maximum Gasteiger partial charge on any atom is 0.187 e. The van der Waals surface area contributed by atoms with E-state index in [-0.39, 0.29) is 158 Å². The maximum absolute atomic E-state index is 10.4. The zero-order valence-electron chi connectivity index (χ0n) is 86.7. The van der Waals surface area contributed by atoms with Crippen LogP contribution < -0.4 is 0 Å². The summed E-state index contributed by atoms with van der Waals surface area (Å²) in [5, 5.41) is 44.5. The number of aliphatic hydroxyl groups is 5. The number of Topliss-reactive ketones (excluding diaryl/α,β-unsaturated/α-hetero) is 1.